The molecule has 3 aromatic rings. The van der Waals surface area contributed by atoms with E-state index in [1.165, 1.54) is 11.8 Å². The highest BCUT2D eigenvalue weighted by Gasteiger charge is 2.28. The second-order valence-corrected chi connectivity index (χ2v) is 7.85. The van der Waals surface area contributed by atoms with Crippen LogP contribution < -0.4 is 5.56 Å². The first-order valence-corrected chi connectivity index (χ1v) is 11.0. The van der Waals surface area contributed by atoms with Gasteiger partial charge in [0.2, 0.25) is 5.91 Å². The number of methoxy groups -OCH3 is 1. The van der Waals surface area contributed by atoms with Gasteiger partial charge in [-0.3, -0.25) is 14.2 Å². The number of fused-ring (bicyclic) bond motifs is 1. The van der Waals surface area contributed by atoms with E-state index < -0.39 is 5.25 Å². The molecule has 3 rings (SSSR count). The molecule has 7 heteroatoms. The second-order valence-electron chi connectivity index (χ2n) is 6.78. The molecule has 1 heterocycles. The summed E-state index contributed by atoms with van der Waals surface area (Å²) in [7, 11) is 1.60. The van der Waals surface area contributed by atoms with Gasteiger partial charge in [-0.1, -0.05) is 54.2 Å². The van der Waals surface area contributed by atoms with Crippen LogP contribution in [0.1, 0.15) is 24.7 Å². The zero-order chi connectivity index (χ0) is 21.5. The molecule has 0 bridgehead atoms. The van der Waals surface area contributed by atoms with Crippen LogP contribution in [0.15, 0.2) is 64.5 Å². The first kappa shape index (κ1) is 22.1. The number of hydrogen-bond donors (Lipinski definition) is 0. The van der Waals surface area contributed by atoms with Crippen molar-refractivity contribution in [3.05, 3.63) is 70.5 Å². The molecule has 158 valence electrons. The number of carbonyl (C=O) groups is 1. The molecule has 1 atom stereocenters. The Morgan fingerprint density at radius 3 is 2.43 bits per heavy atom. The van der Waals surface area contributed by atoms with Gasteiger partial charge in [0.25, 0.3) is 5.56 Å². The van der Waals surface area contributed by atoms with E-state index in [4.69, 9.17) is 9.72 Å². The molecular weight excluding hydrogens is 398 g/mol. The summed E-state index contributed by atoms with van der Waals surface area (Å²) >= 11 is 1.32. The van der Waals surface area contributed by atoms with Gasteiger partial charge < -0.3 is 9.64 Å². The van der Waals surface area contributed by atoms with Crippen molar-refractivity contribution in [2.24, 2.45) is 0 Å². The van der Waals surface area contributed by atoms with Crippen molar-refractivity contribution in [2.45, 2.75) is 30.8 Å². The topological polar surface area (TPSA) is 64.4 Å². The second kappa shape index (κ2) is 10.4. The van der Waals surface area contributed by atoms with Crippen molar-refractivity contribution in [3.8, 4) is 0 Å². The number of ether oxygens (including phenoxy) is 1. The molecule has 2 aromatic carbocycles. The highest BCUT2D eigenvalue weighted by Crippen LogP contribution is 2.36. The van der Waals surface area contributed by atoms with Crippen LogP contribution in [0.5, 0.6) is 0 Å². The average molecular weight is 426 g/mol. The Balaban J connectivity index is 2.11. The summed E-state index contributed by atoms with van der Waals surface area (Å²) in [5.41, 5.74) is 1.39. The number of amides is 1. The third-order valence-electron chi connectivity index (χ3n) is 4.97. The number of rotatable bonds is 9. The standard InChI is InChI=1S/C23H27N3O3S/c1-4-25(5-2)22(28)20(17-11-7-6-8-12-17)30-23-24-19-14-10-9-13-18(19)21(27)26(23)15-16-29-3/h6-14,20H,4-5,15-16H2,1-3H3/t20-/m1/s1. The van der Waals surface area contributed by atoms with Gasteiger partial charge in [0.05, 0.1) is 24.1 Å². The lowest BCUT2D eigenvalue weighted by molar-refractivity contribution is -0.130. The summed E-state index contributed by atoms with van der Waals surface area (Å²) in [5, 5.41) is 0.586. The lowest BCUT2D eigenvalue weighted by Gasteiger charge is -2.25. The van der Waals surface area contributed by atoms with Gasteiger partial charge in [-0.25, -0.2) is 4.98 Å². The van der Waals surface area contributed by atoms with E-state index in [2.05, 4.69) is 0 Å². The zero-order valence-corrected chi connectivity index (χ0v) is 18.4. The molecule has 0 aliphatic heterocycles. The lowest BCUT2D eigenvalue weighted by atomic mass is 10.1. The van der Waals surface area contributed by atoms with E-state index in [0.29, 0.717) is 42.3 Å². The van der Waals surface area contributed by atoms with Crippen LogP contribution in [0.4, 0.5) is 0 Å². The summed E-state index contributed by atoms with van der Waals surface area (Å²) in [5.74, 6) is 0.0110. The quantitative estimate of drug-likeness (QED) is 0.386. The molecule has 0 saturated heterocycles. The minimum atomic E-state index is -0.493. The summed E-state index contributed by atoms with van der Waals surface area (Å²) < 4.78 is 6.82. The normalized spacial score (nSPS) is 12.1. The molecule has 6 nitrogen and oxygen atoms in total. The monoisotopic (exact) mass is 425 g/mol. The van der Waals surface area contributed by atoms with Crippen molar-refractivity contribution < 1.29 is 9.53 Å². The maximum atomic E-state index is 13.3. The summed E-state index contributed by atoms with van der Waals surface area (Å²) in [6.07, 6.45) is 0. The maximum absolute atomic E-state index is 13.3. The zero-order valence-electron chi connectivity index (χ0n) is 17.6. The van der Waals surface area contributed by atoms with E-state index in [1.807, 2.05) is 67.3 Å². The van der Waals surface area contributed by atoms with E-state index in [1.54, 1.807) is 17.7 Å². The van der Waals surface area contributed by atoms with Gasteiger partial charge in [-0.2, -0.15) is 0 Å². The van der Waals surface area contributed by atoms with E-state index in [-0.39, 0.29) is 11.5 Å². The van der Waals surface area contributed by atoms with Crippen LogP contribution in [0.3, 0.4) is 0 Å². The van der Waals surface area contributed by atoms with Crippen molar-refractivity contribution in [3.63, 3.8) is 0 Å². The van der Waals surface area contributed by atoms with E-state index in [9.17, 15) is 9.59 Å². The van der Waals surface area contributed by atoms with Crippen LogP contribution in [-0.2, 0) is 16.1 Å². The number of benzene rings is 2. The van der Waals surface area contributed by atoms with Gasteiger partial charge >= 0.3 is 0 Å². The molecule has 0 N–H and O–H groups in total. The van der Waals surface area contributed by atoms with Gasteiger partial charge in [-0.15, -0.1) is 0 Å². The fourth-order valence-corrected chi connectivity index (χ4v) is 4.52. The van der Waals surface area contributed by atoms with E-state index >= 15 is 0 Å². The Hall–Kier alpha value is -2.64. The Morgan fingerprint density at radius 2 is 1.77 bits per heavy atom. The van der Waals surface area contributed by atoms with Crippen molar-refractivity contribution >= 4 is 28.6 Å². The molecule has 0 fully saturated rings. The Bertz CT molecular complexity index is 1050. The summed E-state index contributed by atoms with van der Waals surface area (Å²) in [6.45, 7) is 5.94. The van der Waals surface area contributed by atoms with Gasteiger partial charge in [0.1, 0.15) is 5.25 Å². The number of likely N-dealkylation sites (N-methyl/N-ethyl adjacent to an activating group) is 1. The van der Waals surface area contributed by atoms with Gasteiger partial charge in [0.15, 0.2) is 5.16 Å². The fourth-order valence-electron chi connectivity index (χ4n) is 3.31. The molecule has 0 radical (unpaired) electrons. The highest BCUT2D eigenvalue weighted by molar-refractivity contribution is 8.00. The fraction of sp³-hybridized carbons (Fsp3) is 0.348. The van der Waals surface area contributed by atoms with Gasteiger partial charge in [0, 0.05) is 20.2 Å². The number of nitrogens with zero attached hydrogens (tertiary/aromatic N) is 3. The minimum Gasteiger partial charge on any atom is -0.383 e. The molecule has 0 spiro atoms. The smallest absolute Gasteiger partial charge is 0.262 e. The number of para-hydroxylation sites is 1. The molecule has 0 saturated carbocycles. The van der Waals surface area contributed by atoms with Crippen LogP contribution in [-0.4, -0.2) is 47.2 Å². The average Bonchev–Trinajstić information content (AvgIpc) is 2.78. The van der Waals surface area contributed by atoms with E-state index in [0.717, 1.165) is 5.56 Å². The predicted molar refractivity (Wildman–Crippen MR) is 121 cm³/mol. The van der Waals surface area contributed by atoms with Gasteiger partial charge in [-0.05, 0) is 31.5 Å². The molecule has 1 aromatic heterocycles. The SMILES string of the molecule is CCN(CC)C(=O)[C@H](Sc1nc2ccccc2c(=O)n1CCOC)c1ccccc1. The van der Waals surface area contributed by atoms with Crippen molar-refractivity contribution in [1.29, 1.82) is 0 Å². The predicted octanol–water partition coefficient (Wildman–Crippen LogP) is 3.74. The third kappa shape index (κ3) is 4.74. The molecule has 0 aliphatic rings. The van der Waals surface area contributed by atoms with Crippen LogP contribution in [0.2, 0.25) is 0 Å². The molecule has 0 unspecified atom stereocenters. The first-order chi connectivity index (χ1) is 14.6. The van der Waals surface area contributed by atoms with Crippen molar-refractivity contribution in [1.82, 2.24) is 14.5 Å². The van der Waals surface area contributed by atoms with Crippen LogP contribution in [0.25, 0.3) is 10.9 Å². The molecular formula is C23H27N3O3S. The number of aromatic nitrogens is 2. The Morgan fingerprint density at radius 1 is 1.10 bits per heavy atom. The largest absolute Gasteiger partial charge is 0.383 e. The number of thioether (sulfide) groups is 1. The lowest BCUT2D eigenvalue weighted by Crippen LogP contribution is -2.34. The third-order valence-corrected chi connectivity index (χ3v) is 6.20. The first-order valence-electron chi connectivity index (χ1n) is 10.1. The number of carbonyl (C=O) groups excluding carboxylic acids is 1. The molecule has 30 heavy (non-hydrogen) atoms. The molecule has 1 amide bonds. The van der Waals surface area contributed by atoms with Crippen LogP contribution >= 0.6 is 11.8 Å². The Labute approximate surface area is 180 Å². The summed E-state index contributed by atoms with van der Waals surface area (Å²) in [6, 6.07) is 16.9. The Kier molecular flexibility index (Phi) is 7.65. The number of hydrogen-bond acceptors (Lipinski definition) is 5. The maximum Gasteiger partial charge on any atom is 0.262 e. The summed E-state index contributed by atoms with van der Waals surface area (Å²) in [4.78, 5) is 33.1. The minimum absolute atomic E-state index is 0.0110. The van der Waals surface area contributed by atoms with Crippen LogP contribution in [0, 0.1) is 0 Å². The van der Waals surface area contributed by atoms with Crippen molar-refractivity contribution in [2.75, 3.05) is 26.8 Å². The molecule has 0 aliphatic carbocycles. The highest BCUT2D eigenvalue weighted by atomic mass is 32.2.